The predicted octanol–water partition coefficient (Wildman–Crippen LogP) is 2.42. The number of hydrogen-bond donors (Lipinski definition) is 1. The summed E-state index contributed by atoms with van der Waals surface area (Å²) in [6.45, 7) is 2.62. The van der Waals surface area contributed by atoms with E-state index in [9.17, 15) is 0 Å². The molecule has 1 heteroatoms. The minimum atomic E-state index is 1.05. The Morgan fingerprint density at radius 1 is 0.769 bits per heavy atom. The van der Waals surface area contributed by atoms with E-state index in [1.54, 1.807) is 25.7 Å². The second-order valence-electron chi connectivity index (χ2n) is 5.44. The van der Waals surface area contributed by atoms with Crippen LogP contribution < -0.4 is 5.32 Å². The van der Waals surface area contributed by atoms with Crippen LogP contribution in [0.4, 0.5) is 0 Å². The molecule has 4 unspecified atom stereocenters. The lowest BCUT2D eigenvalue weighted by atomic mass is 9.67. The van der Waals surface area contributed by atoms with Crippen molar-refractivity contribution >= 4 is 0 Å². The largest absolute Gasteiger partial charge is 0.316 e. The Morgan fingerprint density at radius 3 is 2.31 bits per heavy atom. The van der Waals surface area contributed by atoms with E-state index in [2.05, 4.69) is 5.32 Å². The first-order chi connectivity index (χ1) is 6.43. The van der Waals surface area contributed by atoms with Gasteiger partial charge >= 0.3 is 0 Å². The zero-order valence-electron chi connectivity index (χ0n) is 8.47. The molecule has 0 radical (unpaired) electrons. The normalized spacial score (nSPS) is 49.8. The summed E-state index contributed by atoms with van der Waals surface area (Å²) in [7, 11) is 0. The molecule has 0 amide bonds. The molecule has 1 N–H and O–H groups in total. The van der Waals surface area contributed by atoms with Gasteiger partial charge in [-0.3, -0.25) is 0 Å². The molecule has 1 aliphatic heterocycles. The van der Waals surface area contributed by atoms with Crippen molar-refractivity contribution in [3.63, 3.8) is 0 Å². The van der Waals surface area contributed by atoms with Crippen molar-refractivity contribution in [3.8, 4) is 0 Å². The highest BCUT2D eigenvalue weighted by Gasteiger charge is 2.39. The van der Waals surface area contributed by atoms with Crippen LogP contribution >= 0.6 is 0 Å². The summed E-state index contributed by atoms with van der Waals surface area (Å²) < 4.78 is 0. The van der Waals surface area contributed by atoms with Crippen molar-refractivity contribution < 1.29 is 0 Å². The van der Waals surface area contributed by atoms with E-state index in [0.717, 1.165) is 23.7 Å². The molecule has 2 saturated carbocycles. The Kier molecular flexibility index (Phi) is 2.08. The predicted molar refractivity (Wildman–Crippen MR) is 54.5 cm³/mol. The summed E-state index contributed by atoms with van der Waals surface area (Å²) in [4.78, 5) is 0. The molecule has 4 atom stereocenters. The first-order valence-electron chi connectivity index (χ1n) is 6.14. The minimum absolute atomic E-state index is 1.05. The molecule has 0 bridgehead atoms. The van der Waals surface area contributed by atoms with Crippen LogP contribution in [0.1, 0.15) is 38.5 Å². The van der Waals surface area contributed by atoms with E-state index < -0.39 is 0 Å². The SMILES string of the molecule is C1CC2CC3CCNCC3CC2C1. The van der Waals surface area contributed by atoms with Crippen LogP contribution in [0.5, 0.6) is 0 Å². The summed E-state index contributed by atoms with van der Waals surface area (Å²) >= 11 is 0. The molecule has 1 heterocycles. The quantitative estimate of drug-likeness (QED) is 0.602. The van der Waals surface area contributed by atoms with Gasteiger partial charge in [0.05, 0.1) is 0 Å². The van der Waals surface area contributed by atoms with Gasteiger partial charge in [0.1, 0.15) is 0 Å². The first-order valence-corrected chi connectivity index (χ1v) is 6.14. The molecule has 1 saturated heterocycles. The Morgan fingerprint density at radius 2 is 1.46 bits per heavy atom. The maximum atomic E-state index is 3.56. The second kappa shape index (κ2) is 3.27. The lowest BCUT2D eigenvalue weighted by molar-refractivity contribution is 0.104. The summed E-state index contributed by atoms with van der Waals surface area (Å²) in [5.41, 5.74) is 0. The topological polar surface area (TPSA) is 12.0 Å². The van der Waals surface area contributed by atoms with Gasteiger partial charge in [-0.2, -0.15) is 0 Å². The first kappa shape index (κ1) is 8.28. The summed E-state index contributed by atoms with van der Waals surface area (Å²) in [6.07, 6.45) is 9.24. The van der Waals surface area contributed by atoms with Crippen molar-refractivity contribution in [1.29, 1.82) is 0 Å². The summed E-state index contributed by atoms with van der Waals surface area (Å²) in [6, 6.07) is 0. The molecule has 2 aliphatic carbocycles. The molecule has 0 aromatic rings. The zero-order valence-corrected chi connectivity index (χ0v) is 8.47. The van der Waals surface area contributed by atoms with Gasteiger partial charge in [0.15, 0.2) is 0 Å². The third-order valence-corrected chi connectivity index (χ3v) is 4.79. The van der Waals surface area contributed by atoms with Gasteiger partial charge in [0.2, 0.25) is 0 Å². The number of nitrogens with one attached hydrogen (secondary N) is 1. The summed E-state index contributed by atoms with van der Waals surface area (Å²) in [5, 5.41) is 3.56. The molecule has 0 aromatic heterocycles. The van der Waals surface area contributed by atoms with E-state index in [-0.39, 0.29) is 0 Å². The van der Waals surface area contributed by atoms with E-state index in [1.807, 2.05) is 0 Å². The van der Waals surface area contributed by atoms with E-state index in [4.69, 9.17) is 0 Å². The molecule has 3 aliphatic rings. The van der Waals surface area contributed by atoms with Crippen LogP contribution in [0.3, 0.4) is 0 Å². The van der Waals surface area contributed by atoms with Crippen LogP contribution in [-0.2, 0) is 0 Å². The average Bonchev–Trinajstić information content (AvgIpc) is 2.61. The Labute approximate surface area is 81.3 Å². The fourth-order valence-electron chi connectivity index (χ4n) is 4.08. The van der Waals surface area contributed by atoms with Gasteiger partial charge in [-0.15, -0.1) is 0 Å². The lowest BCUT2D eigenvalue weighted by Gasteiger charge is -2.41. The highest BCUT2D eigenvalue weighted by Crippen LogP contribution is 2.48. The number of piperidine rings is 1. The second-order valence-corrected chi connectivity index (χ2v) is 5.44. The molecule has 3 fully saturated rings. The average molecular weight is 179 g/mol. The number of rotatable bonds is 0. The van der Waals surface area contributed by atoms with Gasteiger partial charge < -0.3 is 5.32 Å². The molecule has 0 aromatic carbocycles. The fourth-order valence-corrected chi connectivity index (χ4v) is 4.08. The van der Waals surface area contributed by atoms with Gasteiger partial charge in [0, 0.05) is 0 Å². The highest BCUT2D eigenvalue weighted by atomic mass is 14.9. The van der Waals surface area contributed by atoms with Gasteiger partial charge in [0.25, 0.3) is 0 Å². The fraction of sp³-hybridized carbons (Fsp3) is 1.00. The van der Waals surface area contributed by atoms with E-state index in [0.29, 0.717) is 0 Å². The van der Waals surface area contributed by atoms with E-state index in [1.165, 1.54) is 25.9 Å². The molecule has 1 nitrogen and oxygen atoms in total. The third-order valence-electron chi connectivity index (χ3n) is 4.79. The number of fused-ring (bicyclic) bond motifs is 2. The monoisotopic (exact) mass is 179 g/mol. The van der Waals surface area contributed by atoms with Crippen LogP contribution in [0, 0.1) is 23.7 Å². The molecular formula is C12H21N. The van der Waals surface area contributed by atoms with Crippen LogP contribution in [0.2, 0.25) is 0 Å². The molecule has 0 spiro atoms. The van der Waals surface area contributed by atoms with Gasteiger partial charge in [-0.25, -0.2) is 0 Å². The van der Waals surface area contributed by atoms with Crippen molar-refractivity contribution in [2.24, 2.45) is 23.7 Å². The van der Waals surface area contributed by atoms with Crippen LogP contribution in [0.15, 0.2) is 0 Å². The maximum absolute atomic E-state index is 3.56. The van der Waals surface area contributed by atoms with Gasteiger partial charge in [-0.05, 0) is 56.0 Å². The van der Waals surface area contributed by atoms with Crippen molar-refractivity contribution in [3.05, 3.63) is 0 Å². The molecular weight excluding hydrogens is 158 g/mol. The maximum Gasteiger partial charge on any atom is -0.00178 e. The Balaban J connectivity index is 1.71. The molecule has 3 rings (SSSR count). The molecule has 13 heavy (non-hydrogen) atoms. The van der Waals surface area contributed by atoms with Gasteiger partial charge in [-0.1, -0.05) is 19.3 Å². The van der Waals surface area contributed by atoms with Crippen LogP contribution in [-0.4, -0.2) is 13.1 Å². The highest BCUT2D eigenvalue weighted by molar-refractivity contribution is 4.91. The lowest BCUT2D eigenvalue weighted by Crippen LogP contribution is -2.41. The molecule has 74 valence electrons. The summed E-state index contributed by atoms with van der Waals surface area (Å²) in [5.74, 6) is 4.41. The van der Waals surface area contributed by atoms with Crippen LogP contribution in [0.25, 0.3) is 0 Å². The standard InChI is InChI=1S/C12H21N/c1-2-9-6-11-4-5-13-8-12(11)7-10(9)3-1/h9-13H,1-8H2. The minimum Gasteiger partial charge on any atom is -0.316 e. The number of hydrogen-bond acceptors (Lipinski definition) is 1. The Bertz CT molecular complexity index is 170. The zero-order chi connectivity index (χ0) is 8.67. The Hall–Kier alpha value is -0.0400. The van der Waals surface area contributed by atoms with Crippen molar-refractivity contribution in [1.82, 2.24) is 5.32 Å². The van der Waals surface area contributed by atoms with Crippen molar-refractivity contribution in [2.45, 2.75) is 38.5 Å². The van der Waals surface area contributed by atoms with Crippen molar-refractivity contribution in [2.75, 3.05) is 13.1 Å². The smallest absolute Gasteiger partial charge is 0.00178 e. The van der Waals surface area contributed by atoms with E-state index >= 15 is 0 Å². The third kappa shape index (κ3) is 1.41.